The Morgan fingerprint density at radius 3 is 2.42 bits per heavy atom. The number of nitrogens with one attached hydrogen (secondary N) is 2. The number of carbonyl (C=O) groups is 1. The molecule has 208 valence electrons. The first-order valence-electron chi connectivity index (χ1n) is 13.5. The van der Waals surface area contributed by atoms with Gasteiger partial charge in [-0.15, -0.1) is 0 Å². The third-order valence-corrected chi connectivity index (χ3v) is 7.80. The number of amides is 1. The summed E-state index contributed by atoms with van der Waals surface area (Å²) < 4.78 is 16.7. The smallest absolute Gasteiger partial charge is 0.254 e. The topological polar surface area (TPSA) is 118 Å². The lowest BCUT2D eigenvalue weighted by molar-refractivity contribution is -0.119. The number of rotatable bonds is 7. The third-order valence-electron chi connectivity index (χ3n) is 7.80. The Labute approximate surface area is 232 Å². The molecule has 0 spiro atoms. The van der Waals surface area contributed by atoms with E-state index in [1.165, 1.54) is 6.42 Å². The molecule has 11 nitrogen and oxygen atoms in total. The Hall–Kier alpha value is -4.54. The number of methoxy groups -OCH3 is 3. The van der Waals surface area contributed by atoms with E-state index in [9.17, 15) is 4.79 Å². The van der Waals surface area contributed by atoms with E-state index < -0.39 is 6.04 Å². The van der Waals surface area contributed by atoms with Crippen LogP contribution < -0.4 is 29.3 Å². The number of ether oxygens (including phenoxy) is 3. The molecule has 0 unspecified atom stereocenters. The fraction of sp³-hybridized carbons (Fsp3) is 0.379. The van der Waals surface area contributed by atoms with Crippen molar-refractivity contribution >= 4 is 45.6 Å². The molecule has 11 heteroatoms. The molecule has 1 aliphatic carbocycles. The van der Waals surface area contributed by atoms with Gasteiger partial charge in [-0.3, -0.25) is 14.8 Å². The molecule has 1 atom stereocenters. The number of fused-ring (bicyclic) bond motifs is 2. The van der Waals surface area contributed by atoms with Gasteiger partial charge in [0, 0.05) is 29.2 Å². The summed E-state index contributed by atoms with van der Waals surface area (Å²) in [6, 6.07) is 9.25. The molecule has 1 aliphatic heterocycles. The molecule has 1 saturated carbocycles. The van der Waals surface area contributed by atoms with Crippen LogP contribution in [0, 0.1) is 0 Å². The number of nitrogens with zero attached hydrogens (tertiary/aromatic N) is 5. The first-order chi connectivity index (χ1) is 19.5. The second kappa shape index (κ2) is 10.6. The summed E-state index contributed by atoms with van der Waals surface area (Å²) in [5, 5.41) is 11.4. The van der Waals surface area contributed by atoms with Crippen LogP contribution in [0.1, 0.15) is 39.0 Å². The molecule has 4 aromatic rings. The fourth-order valence-corrected chi connectivity index (χ4v) is 5.84. The van der Waals surface area contributed by atoms with Gasteiger partial charge in [0.15, 0.2) is 17.3 Å². The molecule has 6 rings (SSSR count). The summed E-state index contributed by atoms with van der Waals surface area (Å²) in [7, 11) is 4.67. The Morgan fingerprint density at radius 2 is 1.73 bits per heavy atom. The molecular weight excluding hydrogens is 510 g/mol. The molecule has 2 aliphatic rings. The van der Waals surface area contributed by atoms with Gasteiger partial charge >= 0.3 is 0 Å². The van der Waals surface area contributed by atoms with Gasteiger partial charge in [-0.05, 0) is 38.0 Å². The van der Waals surface area contributed by atoms with Crippen LogP contribution in [0.3, 0.4) is 0 Å². The first-order valence-corrected chi connectivity index (χ1v) is 13.5. The maximum absolute atomic E-state index is 14.1. The van der Waals surface area contributed by atoms with Gasteiger partial charge < -0.3 is 24.4 Å². The molecule has 0 bridgehead atoms. The summed E-state index contributed by atoms with van der Waals surface area (Å²) >= 11 is 0. The second-order valence-corrected chi connectivity index (χ2v) is 10.1. The molecule has 0 radical (unpaired) electrons. The summed E-state index contributed by atoms with van der Waals surface area (Å²) in [6.07, 6.45) is 9.01. The van der Waals surface area contributed by atoms with E-state index in [1.54, 1.807) is 50.8 Å². The van der Waals surface area contributed by atoms with E-state index in [0.717, 1.165) is 48.1 Å². The molecule has 1 amide bonds. The van der Waals surface area contributed by atoms with Crippen molar-refractivity contribution in [1.82, 2.24) is 20.2 Å². The van der Waals surface area contributed by atoms with Crippen LogP contribution in [0.25, 0.3) is 10.9 Å². The highest BCUT2D eigenvalue weighted by Crippen LogP contribution is 2.47. The Bertz CT molecular complexity index is 1520. The lowest BCUT2D eigenvalue weighted by Gasteiger charge is -2.45. The van der Waals surface area contributed by atoms with E-state index in [1.807, 2.05) is 25.1 Å². The minimum absolute atomic E-state index is 0.0675. The lowest BCUT2D eigenvalue weighted by Crippen LogP contribution is -2.55. The zero-order valence-electron chi connectivity index (χ0n) is 23.1. The standard InChI is InChI=1S/C29H33N7O4/c1-17-28(37)36(21-13-24(38-2)26(40-4)25(14-21)39-3)23-16-30-29(32-19-10-11-22-18(12-19)15-31-34-22)33-27(23)35(17)20-8-6-5-7-9-20/h10-17,20H,5-9H2,1-4H3,(H,31,34)(H,30,32,33)/t17-/m1/s1. The second-order valence-electron chi connectivity index (χ2n) is 10.1. The van der Waals surface area contributed by atoms with Crippen molar-refractivity contribution < 1.29 is 19.0 Å². The highest BCUT2D eigenvalue weighted by Gasteiger charge is 2.42. The van der Waals surface area contributed by atoms with Crippen LogP contribution in [0.2, 0.25) is 0 Å². The maximum atomic E-state index is 14.1. The fourth-order valence-electron chi connectivity index (χ4n) is 5.84. The Morgan fingerprint density at radius 1 is 0.975 bits per heavy atom. The summed E-state index contributed by atoms with van der Waals surface area (Å²) in [6.45, 7) is 1.95. The van der Waals surface area contributed by atoms with Crippen molar-refractivity contribution in [2.75, 3.05) is 36.4 Å². The van der Waals surface area contributed by atoms with Crippen molar-refractivity contribution in [2.24, 2.45) is 0 Å². The van der Waals surface area contributed by atoms with Gasteiger partial charge in [0.1, 0.15) is 11.7 Å². The van der Waals surface area contributed by atoms with Gasteiger partial charge in [0.2, 0.25) is 11.7 Å². The van der Waals surface area contributed by atoms with Gasteiger partial charge in [-0.1, -0.05) is 19.3 Å². The van der Waals surface area contributed by atoms with Crippen molar-refractivity contribution in [3.63, 3.8) is 0 Å². The number of H-pyrrole nitrogens is 1. The van der Waals surface area contributed by atoms with Crippen LogP contribution in [-0.2, 0) is 4.79 Å². The normalized spacial score (nSPS) is 17.6. The highest BCUT2D eigenvalue weighted by atomic mass is 16.5. The number of hydrogen-bond acceptors (Lipinski definition) is 9. The van der Waals surface area contributed by atoms with Crippen LogP contribution in [0.4, 0.5) is 28.8 Å². The number of benzene rings is 2. The zero-order valence-corrected chi connectivity index (χ0v) is 23.1. The van der Waals surface area contributed by atoms with Gasteiger partial charge in [-0.25, -0.2) is 4.98 Å². The number of hydrogen-bond donors (Lipinski definition) is 2. The number of aromatic amines is 1. The SMILES string of the molecule is COc1cc(N2C(=O)[C@@H](C)N(C3CCCCC3)c3nc(Nc4ccc5[nH]ncc5c4)ncc32)cc(OC)c1OC. The number of anilines is 5. The van der Waals surface area contributed by atoms with E-state index >= 15 is 0 Å². The van der Waals surface area contributed by atoms with E-state index in [-0.39, 0.29) is 11.9 Å². The predicted molar refractivity (Wildman–Crippen MR) is 153 cm³/mol. The quantitative estimate of drug-likeness (QED) is 0.319. The van der Waals surface area contributed by atoms with E-state index in [4.69, 9.17) is 19.2 Å². The molecule has 1 fully saturated rings. The summed E-state index contributed by atoms with van der Waals surface area (Å²) in [5.41, 5.74) is 3.00. The molecule has 2 N–H and O–H groups in total. The third kappa shape index (κ3) is 4.41. The van der Waals surface area contributed by atoms with Gasteiger partial charge in [0.25, 0.3) is 5.91 Å². The minimum atomic E-state index is -0.431. The van der Waals surface area contributed by atoms with Crippen molar-refractivity contribution in [1.29, 1.82) is 0 Å². The highest BCUT2D eigenvalue weighted by molar-refractivity contribution is 6.10. The van der Waals surface area contributed by atoms with Crippen LogP contribution in [0.5, 0.6) is 17.2 Å². The average Bonchev–Trinajstić information content (AvgIpc) is 3.46. The maximum Gasteiger partial charge on any atom is 0.254 e. The van der Waals surface area contributed by atoms with Gasteiger partial charge in [0.05, 0.1) is 44.9 Å². The Balaban J connectivity index is 1.46. The van der Waals surface area contributed by atoms with E-state index in [2.05, 4.69) is 25.4 Å². The molecule has 40 heavy (non-hydrogen) atoms. The number of carbonyl (C=O) groups excluding carboxylic acids is 1. The summed E-state index contributed by atoms with van der Waals surface area (Å²) in [5.74, 6) is 2.48. The first kappa shape index (κ1) is 25.7. The van der Waals surface area contributed by atoms with Crippen molar-refractivity contribution in [2.45, 2.75) is 51.1 Å². The molecule has 0 saturated heterocycles. The minimum Gasteiger partial charge on any atom is -0.493 e. The average molecular weight is 544 g/mol. The zero-order chi connectivity index (χ0) is 27.8. The largest absolute Gasteiger partial charge is 0.493 e. The van der Waals surface area contributed by atoms with E-state index in [0.29, 0.717) is 34.6 Å². The molecule has 2 aromatic heterocycles. The number of aromatic nitrogens is 4. The van der Waals surface area contributed by atoms with Crippen LogP contribution in [0.15, 0.2) is 42.7 Å². The van der Waals surface area contributed by atoms with Crippen LogP contribution in [-0.4, -0.2) is 59.5 Å². The van der Waals surface area contributed by atoms with Crippen LogP contribution >= 0.6 is 0 Å². The van der Waals surface area contributed by atoms with Crippen molar-refractivity contribution in [3.8, 4) is 17.2 Å². The lowest BCUT2D eigenvalue weighted by atomic mass is 9.92. The predicted octanol–water partition coefficient (Wildman–Crippen LogP) is 5.33. The summed E-state index contributed by atoms with van der Waals surface area (Å²) in [4.78, 5) is 27.6. The molecule has 3 heterocycles. The molecular formula is C29H33N7O4. The Kier molecular flexibility index (Phi) is 6.79. The monoisotopic (exact) mass is 543 g/mol. The molecule has 2 aromatic carbocycles. The van der Waals surface area contributed by atoms with Gasteiger partial charge in [-0.2, -0.15) is 10.1 Å². The van der Waals surface area contributed by atoms with Crippen molar-refractivity contribution in [3.05, 3.63) is 42.7 Å².